The van der Waals surface area contributed by atoms with Crippen LogP contribution in [0.25, 0.3) is 26.7 Å². The third-order valence-electron chi connectivity index (χ3n) is 5.53. The minimum absolute atomic E-state index is 0.0838. The molecule has 1 aliphatic rings. The van der Waals surface area contributed by atoms with Gasteiger partial charge in [-0.15, -0.1) is 0 Å². The first kappa shape index (κ1) is 18.1. The lowest BCUT2D eigenvalue weighted by atomic mass is 9.98. The smallest absolute Gasteiger partial charge is 0.223 e. The number of hydrogen-bond acceptors (Lipinski definition) is 4. The molecule has 0 bridgehead atoms. The highest BCUT2D eigenvalue weighted by atomic mass is 32.1. The van der Waals surface area contributed by atoms with E-state index in [0.29, 0.717) is 6.54 Å². The highest BCUT2D eigenvalue weighted by Gasteiger charge is 2.22. The second kappa shape index (κ2) is 7.13. The van der Waals surface area contributed by atoms with Gasteiger partial charge in [0.15, 0.2) is 4.96 Å². The fourth-order valence-electron chi connectivity index (χ4n) is 4.10. The molecule has 5 nitrogen and oxygen atoms in total. The Kier molecular flexibility index (Phi) is 4.45. The number of carbonyl (C=O) groups excluding carboxylic acids is 1. The number of fused-ring (bicyclic) bond motifs is 2. The van der Waals surface area contributed by atoms with Crippen LogP contribution in [0.3, 0.4) is 0 Å². The van der Waals surface area contributed by atoms with Crippen molar-refractivity contribution in [3.63, 3.8) is 0 Å². The van der Waals surface area contributed by atoms with Crippen molar-refractivity contribution in [2.75, 3.05) is 11.4 Å². The van der Waals surface area contributed by atoms with Crippen LogP contribution in [0.2, 0.25) is 0 Å². The first-order chi connectivity index (χ1) is 14.2. The molecule has 0 fully saturated rings. The van der Waals surface area contributed by atoms with E-state index in [0.717, 1.165) is 47.0 Å². The average molecular weight is 403 g/mol. The van der Waals surface area contributed by atoms with Crippen LogP contribution >= 0.6 is 11.3 Å². The van der Waals surface area contributed by atoms with Gasteiger partial charge in [-0.05, 0) is 30.0 Å². The zero-order valence-corrected chi connectivity index (χ0v) is 17.1. The maximum Gasteiger partial charge on any atom is 0.223 e. The molecule has 3 heterocycles. The van der Waals surface area contributed by atoms with Crippen molar-refractivity contribution in [3.8, 4) is 21.7 Å². The van der Waals surface area contributed by atoms with Gasteiger partial charge in [0.25, 0.3) is 0 Å². The molecule has 1 aliphatic heterocycles. The van der Waals surface area contributed by atoms with E-state index in [1.807, 2.05) is 23.1 Å². The molecule has 146 valence electrons. The molecule has 4 aromatic rings. The molecule has 2 aromatic carbocycles. The van der Waals surface area contributed by atoms with Gasteiger partial charge in [-0.2, -0.15) is 0 Å². The first-order valence-corrected chi connectivity index (χ1v) is 10.6. The predicted octanol–water partition coefficient (Wildman–Crippen LogP) is 4.49. The maximum absolute atomic E-state index is 12.1. The Morgan fingerprint density at radius 1 is 1.17 bits per heavy atom. The van der Waals surface area contributed by atoms with Crippen molar-refractivity contribution >= 4 is 27.9 Å². The van der Waals surface area contributed by atoms with E-state index >= 15 is 0 Å². The average Bonchev–Trinajstić information content (AvgIpc) is 3.31. The summed E-state index contributed by atoms with van der Waals surface area (Å²) in [6.45, 7) is 2.80. The monoisotopic (exact) mass is 402 g/mol. The molecule has 0 saturated carbocycles. The number of rotatable bonds is 3. The number of thiazole rings is 1. The Labute approximate surface area is 173 Å². The number of anilines is 1. The zero-order chi connectivity index (χ0) is 20.0. The molecular formula is C23H22N4OS. The number of hydrogen-bond donors (Lipinski definition) is 1. The molecule has 0 spiro atoms. The standard InChI is InChI=1S/C23H22N4OS/c1-15(28)26-11-5-8-16-9-10-18(12-19(16)26)22-20(13-24)27-14-21(29-23(27)25-22)17-6-3-2-4-7-17/h2-4,6-7,9-10,12,14H,5,8,11,13,24H2,1H3. The van der Waals surface area contributed by atoms with Crippen LogP contribution in [-0.2, 0) is 17.8 Å². The minimum Gasteiger partial charge on any atom is -0.325 e. The number of carbonyl (C=O) groups is 1. The SMILES string of the molecule is CC(=O)N1CCCc2ccc(-c3nc4sc(-c5ccccc5)cn4c3CN)cc21. The van der Waals surface area contributed by atoms with Crippen LogP contribution in [0, 0.1) is 0 Å². The van der Waals surface area contributed by atoms with E-state index in [9.17, 15) is 4.79 Å². The second-order valence-corrected chi connectivity index (χ2v) is 8.35. The fraction of sp³-hybridized carbons (Fsp3) is 0.217. The number of nitrogens with zero attached hydrogens (tertiary/aromatic N) is 3. The Balaban J connectivity index is 1.61. The summed E-state index contributed by atoms with van der Waals surface area (Å²) in [5.74, 6) is 0.0838. The third-order valence-corrected chi connectivity index (χ3v) is 6.57. The first-order valence-electron chi connectivity index (χ1n) is 9.83. The fourth-order valence-corrected chi connectivity index (χ4v) is 5.11. The molecule has 0 radical (unpaired) electrons. The molecule has 2 aromatic heterocycles. The van der Waals surface area contributed by atoms with Crippen molar-refractivity contribution in [1.29, 1.82) is 0 Å². The van der Waals surface area contributed by atoms with E-state index in [2.05, 4.69) is 40.9 Å². The van der Waals surface area contributed by atoms with E-state index in [-0.39, 0.29) is 5.91 Å². The second-order valence-electron chi connectivity index (χ2n) is 7.34. The molecule has 0 aliphatic carbocycles. The predicted molar refractivity (Wildman–Crippen MR) is 118 cm³/mol. The van der Waals surface area contributed by atoms with E-state index in [1.165, 1.54) is 16.0 Å². The molecule has 0 atom stereocenters. The number of aryl methyl sites for hydroxylation is 1. The largest absolute Gasteiger partial charge is 0.325 e. The number of nitrogens with two attached hydrogens (primary N) is 1. The quantitative estimate of drug-likeness (QED) is 0.549. The molecular weight excluding hydrogens is 380 g/mol. The van der Waals surface area contributed by atoms with Crippen molar-refractivity contribution < 1.29 is 4.79 Å². The lowest BCUT2D eigenvalue weighted by Crippen LogP contribution is -2.33. The van der Waals surface area contributed by atoms with Crippen LogP contribution in [0.1, 0.15) is 24.6 Å². The molecule has 29 heavy (non-hydrogen) atoms. The van der Waals surface area contributed by atoms with Gasteiger partial charge in [0.2, 0.25) is 5.91 Å². The molecule has 6 heteroatoms. The Hall–Kier alpha value is -2.96. The molecule has 0 unspecified atom stereocenters. The molecule has 2 N–H and O–H groups in total. The molecule has 5 rings (SSSR count). The van der Waals surface area contributed by atoms with Crippen LogP contribution in [0.15, 0.2) is 54.7 Å². The van der Waals surface area contributed by atoms with Gasteiger partial charge in [-0.25, -0.2) is 4.98 Å². The molecule has 1 amide bonds. The van der Waals surface area contributed by atoms with Crippen LogP contribution in [-0.4, -0.2) is 21.8 Å². The van der Waals surface area contributed by atoms with E-state index in [4.69, 9.17) is 10.7 Å². The number of amides is 1. The Morgan fingerprint density at radius 3 is 2.76 bits per heavy atom. The van der Waals surface area contributed by atoms with Crippen molar-refractivity contribution in [2.45, 2.75) is 26.3 Å². The lowest BCUT2D eigenvalue weighted by Gasteiger charge is -2.29. The lowest BCUT2D eigenvalue weighted by molar-refractivity contribution is -0.116. The number of benzene rings is 2. The normalized spacial score (nSPS) is 13.7. The van der Waals surface area contributed by atoms with E-state index < -0.39 is 0 Å². The van der Waals surface area contributed by atoms with Gasteiger partial charge < -0.3 is 10.6 Å². The van der Waals surface area contributed by atoms with Crippen molar-refractivity contribution in [2.24, 2.45) is 5.73 Å². The minimum atomic E-state index is 0.0838. The summed E-state index contributed by atoms with van der Waals surface area (Å²) in [6.07, 6.45) is 4.12. The summed E-state index contributed by atoms with van der Waals surface area (Å²) in [5.41, 5.74) is 12.4. The number of imidazole rings is 1. The highest BCUT2D eigenvalue weighted by molar-refractivity contribution is 7.20. The molecule has 0 saturated heterocycles. The van der Waals surface area contributed by atoms with Gasteiger partial charge >= 0.3 is 0 Å². The van der Waals surface area contributed by atoms with Gasteiger partial charge in [0, 0.05) is 37.5 Å². The summed E-state index contributed by atoms with van der Waals surface area (Å²) in [5, 5.41) is 0. The third kappa shape index (κ3) is 3.05. The van der Waals surface area contributed by atoms with Gasteiger partial charge in [-0.3, -0.25) is 9.20 Å². The van der Waals surface area contributed by atoms with Crippen molar-refractivity contribution in [3.05, 3.63) is 66.0 Å². The zero-order valence-electron chi connectivity index (χ0n) is 16.3. The Bertz CT molecular complexity index is 1210. The van der Waals surface area contributed by atoms with Crippen LogP contribution in [0.5, 0.6) is 0 Å². The van der Waals surface area contributed by atoms with E-state index in [1.54, 1.807) is 18.3 Å². The number of aromatic nitrogens is 2. The summed E-state index contributed by atoms with van der Waals surface area (Å²) >= 11 is 1.66. The topological polar surface area (TPSA) is 63.6 Å². The van der Waals surface area contributed by atoms with Crippen LogP contribution in [0.4, 0.5) is 5.69 Å². The van der Waals surface area contributed by atoms with Crippen molar-refractivity contribution in [1.82, 2.24) is 9.38 Å². The highest BCUT2D eigenvalue weighted by Crippen LogP contribution is 2.36. The van der Waals surface area contributed by atoms with Gasteiger partial charge in [0.1, 0.15) is 0 Å². The Morgan fingerprint density at radius 2 is 2.00 bits per heavy atom. The summed E-state index contributed by atoms with van der Waals surface area (Å²) < 4.78 is 2.10. The van der Waals surface area contributed by atoms with Crippen LogP contribution < -0.4 is 10.6 Å². The van der Waals surface area contributed by atoms with Gasteiger partial charge in [-0.1, -0.05) is 53.8 Å². The van der Waals surface area contributed by atoms with Gasteiger partial charge in [0.05, 0.1) is 16.3 Å². The summed E-state index contributed by atoms with van der Waals surface area (Å²) in [4.78, 5) is 21.0. The summed E-state index contributed by atoms with van der Waals surface area (Å²) in [7, 11) is 0. The summed E-state index contributed by atoms with van der Waals surface area (Å²) in [6, 6.07) is 16.6. The maximum atomic E-state index is 12.1.